The molecule has 0 saturated carbocycles. The number of sulfonamides is 1. The first-order valence-electron chi connectivity index (χ1n) is 8.69. The van der Waals surface area contributed by atoms with Crippen LogP contribution >= 0.6 is 23.1 Å². The molecule has 2 heterocycles. The van der Waals surface area contributed by atoms with Gasteiger partial charge in [0.05, 0.1) is 4.90 Å². The number of nitrogens with one attached hydrogen (secondary N) is 1. The normalized spacial score (nSPS) is 15.4. The summed E-state index contributed by atoms with van der Waals surface area (Å²) < 4.78 is 27.8. The van der Waals surface area contributed by atoms with E-state index in [1.165, 1.54) is 21.7 Å². The number of hydrogen-bond donors (Lipinski definition) is 1. The van der Waals surface area contributed by atoms with Crippen molar-refractivity contribution in [1.82, 2.24) is 14.5 Å². The Balaban J connectivity index is 1.81. The quantitative estimate of drug-likeness (QED) is 0.562. The summed E-state index contributed by atoms with van der Waals surface area (Å²) in [6.45, 7) is 6.94. The molecule has 1 amide bonds. The zero-order chi connectivity index (χ0) is 19.6. The first kappa shape index (κ1) is 20.2. The Morgan fingerprint density at radius 2 is 1.96 bits per heavy atom. The Bertz CT molecular complexity index is 935. The van der Waals surface area contributed by atoms with Crippen molar-refractivity contribution in [2.45, 2.75) is 48.1 Å². The second kappa shape index (κ2) is 8.26. The minimum atomic E-state index is -3.57. The van der Waals surface area contributed by atoms with E-state index < -0.39 is 10.0 Å². The van der Waals surface area contributed by atoms with E-state index in [1.807, 2.05) is 0 Å². The molecular formula is C17H22N4O3S3. The lowest BCUT2D eigenvalue weighted by Gasteiger charge is -2.16. The molecule has 1 aliphatic rings. The van der Waals surface area contributed by atoms with Crippen LogP contribution in [-0.4, -0.2) is 47.2 Å². The highest BCUT2D eigenvalue weighted by atomic mass is 32.2. The number of aromatic nitrogens is 2. The van der Waals surface area contributed by atoms with Crippen LogP contribution in [0.4, 0.5) is 5.13 Å². The molecule has 1 aromatic carbocycles. The summed E-state index contributed by atoms with van der Waals surface area (Å²) in [7, 11) is -3.57. The van der Waals surface area contributed by atoms with Crippen LogP contribution in [0.5, 0.6) is 0 Å². The molecule has 0 radical (unpaired) electrons. The third-order valence-electron chi connectivity index (χ3n) is 4.12. The van der Waals surface area contributed by atoms with Gasteiger partial charge >= 0.3 is 0 Å². The van der Waals surface area contributed by atoms with Crippen molar-refractivity contribution in [2.75, 3.05) is 18.4 Å². The van der Waals surface area contributed by atoms with E-state index >= 15 is 0 Å². The van der Waals surface area contributed by atoms with Gasteiger partial charge in [0.15, 0.2) is 4.34 Å². The van der Waals surface area contributed by atoms with Crippen LogP contribution in [0, 0.1) is 6.92 Å². The highest BCUT2D eigenvalue weighted by molar-refractivity contribution is 8.01. The zero-order valence-corrected chi connectivity index (χ0v) is 17.9. The van der Waals surface area contributed by atoms with Gasteiger partial charge < -0.3 is 0 Å². The van der Waals surface area contributed by atoms with E-state index in [1.54, 1.807) is 30.8 Å². The second-order valence-electron chi connectivity index (χ2n) is 6.58. The molecule has 0 aliphatic carbocycles. The lowest BCUT2D eigenvalue weighted by Crippen LogP contribution is -2.28. The number of rotatable bonds is 6. The van der Waals surface area contributed by atoms with Gasteiger partial charge in [-0.05, 0) is 37.5 Å². The Kier molecular flexibility index (Phi) is 6.19. The van der Waals surface area contributed by atoms with Crippen molar-refractivity contribution in [3.63, 3.8) is 0 Å². The first-order chi connectivity index (χ1) is 12.8. The van der Waals surface area contributed by atoms with Crippen LogP contribution in [0.1, 0.15) is 42.6 Å². The molecule has 0 bridgehead atoms. The fourth-order valence-electron chi connectivity index (χ4n) is 2.76. The van der Waals surface area contributed by atoms with Crippen LogP contribution in [-0.2, 0) is 10.0 Å². The van der Waals surface area contributed by atoms with E-state index in [-0.39, 0.29) is 10.8 Å². The van der Waals surface area contributed by atoms with Crippen molar-refractivity contribution in [3.8, 4) is 0 Å². The summed E-state index contributed by atoms with van der Waals surface area (Å²) in [6, 6.07) is 4.67. The van der Waals surface area contributed by atoms with Crippen molar-refractivity contribution >= 4 is 44.2 Å². The van der Waals surface area contributed by atoms with Gasteiger partial charge in [0, 0.05) is 23.9 Å². The Labute approximate surface area is 167 Å². The van der Waals surface area contributed by atoms with Gasteiger partial charge in [-0.15, -0.1) is 10.2 Å². The molecular weight excluding hydrogens is 404 g/mol. The summed E-state index contributed by atoms with van der Waals surface area (Å²) in [5, 5.41) is 11.5. The average molecular weight is 427 g/mol. The fourth-order valence-corrected chi connectivity index (χ4v) is 6.27. The van der Waals surface area contributed by atoms with Crippen molar-refractivity contribution in [3.05, 3.63) is 29.3 Å². The highest BCUT2D eigenvalue weighted by Crippen LogP contribution is 2.29. The van der Waals surface area contributed by atoms with Crippen LogP contribution in [0.3, 0.4) is 0 Å². The van der Waals surface area contributed by atoms with Crippen LogP contribution in [0.25, 0.3) is 0 Å². The first-order valence-corrected chi connectivity index (χ1v) is 11.8. The van der Waals surface area contributed by atoms with Crippen LogP contribution < -0.4 is 5.32 Å². The van der Waals surface area contributed by atoms with Crippen molar-refractivity contribution < 1.29 is 13.2 Å². The Morgan fingerprint density at radius 1 is 1.26 bits per heavy atom. The van der Waals surface area contributed by atoms with Crippen molar-refractivity contribution in [2.24, 2.45) is 0 Å². The molecule has 0 unspecified atom stereocenters. The van der Waals surface area contributed by atoms with E-state index in [9.17, 15) is 13.2 Å². The van der Waals surface area contributed by atoms with Crippen LogP contribution in [0.15, 0.2) is 27.4 Å². The third-order valence-corrected chi connectivity index (χ3v) is 7.94. The van der Waals surface area contributed by atoms with E-state index in [4.69, 9.17) is 0 Å². The SMILES string of the molecule is Cc1ccc(S(=O)(=O)N2CCCC2)cc1C(=O)Nc1nnc(SC(C)C)s1. The molecule has 1 aromatic heterocycles. The average Bonchev–Trinajstić information content (AvgIpc) is 3.27. The van der Waals surface area contributed by atoms with Gasteiger partial charge in [-0.25, -0.2) is 8.42 Å². The summed E-state index contributed by atoms with van der Waals surface area (Å²) in [5.41, 5.74) is 1.03. The van der Waals surface area contributed by atoms with E-state index in [0.29, 0.717) is 34.6 Å². The summed E-state index contributed by atoms with van der Waals surface area (Å²) in [4.78, 5) is 12.8. The fraction of sp³-hybridized carbons (Fsp3) is 0.471. The molecule has 2 aromatic rings. The maximum absolute atomic E-state index is 12.8. The number of carbonyl (C=O) groups is 1. The zero-order valence-electron chi connectivity index (χ0n) is 15.4. The standard InChI is InChI=1S/C17H22N4O3S3/c1-11(2)25-17-20-19-16(26-17)18-15(22)14-10-13(7-6-12(14)3)27(23,24)21-8-4-5-9-21/h6-7,10-11H,4-5,8-9H2,1-3H3,(H,18,19,22). The Hall–Kier alpha value is -1.49. The minimum Gasteiger partial charge on any atom is -0.296 e. The number of benzene rings is 1. The maximum atomic E-state index is 12.8. The molecule has 7 nitrogen and oxygen atoms in total. The molecule has 3 rings (SSSR count). The molecule has 1 saturated heterocycles. The van der Waals surface area contributed by atoms with Gasteiger partial charge in [0.25, 0.3) is 5.91 Å². The van der Waals surface area contributed by atoms with Gasteiger partial charge in [-0.2, -0.15) is 4.31 Å². The molecule has 146 valence electrons. The van der Waals surface area contributed by atoms with Gasteiger partial charge in [-0.3, -0.25) is 10.1 Å². The summed E-state index contributed by atoms with van der Waals surface area (Å²) >= 11 is 2.88. The monoisotopic (exact) mass is 426 g/mol. The highest BCUT2D eigenvalue weighted by Gasteiger charge is 2.28. The predicted octanol–water partition coefficient (Wildman–Crippen LogP) is 3.38. The number of nitrogens with zero attached hydrogens (tertiary/aromatic N) is 3. The van der Waals surface area contributed by atoms with Gasteiger partial charge in [0.2, 0.25) is 15.2 Å². The number of carbonyl (C=O) groups excluding carboxylic acids is 1. The third kappa shape index (κ3) is 4.68. The van der Waals surface area contributed by atoms with Crippen molar-refractivity contribution in [1.29, 1.82) is 0 Å². The second-order valence-corrected chi connectivity index (χ2v) is 11.3. The van der Waals surface area contributed by atoms with Gasteiger partial charge in [-0.1, -0.05) is 43.0 Å². The molecule has 0 spiro atoms. The van der Waals surface area contributed by atoms with E-state index in [2.05, 4.69) is 29.4 Å². The maximum Gasteiger partial charge on any atom is 0.257 e. The number of amides is 1. The number of aryl methyl sites for hydroxylation is 1. The summed E-state index contributed by atoms with van der Waals surface area (Å²) in [6.07, 6.45) is 1.73. The Morgan fingerprint density at radius 3 is 2.63 bits per heavy atom. The molecule has 1 aliphatic heterocycles. The molecule has 0 atom stereocenters. The summed E-state index contributed by atoms with van der Waals surface area (Å²) in [5.74, 6) is -0.386. The van der Waals surface area contributed by atoms with Crippen LogP contribution in [0.2, 0.25) is 0 Å². The minimum absolute atomic E-state index is 0.147. The number of hydrogen-bond acceptors (Lipinski definition) is 7. The topological polar surface area (TPSA) is 92.3 Å². The molecule has 27 heavy (non-hydrogen) atoms. The smallest absolute Gasteiger partial charge is 0.257 e. The van der Waals surface area contributed by atoms with Gasteiger partial charge in [0.1, 0.15) is 0 Å². The lowest BCUT2D eigenvalue weighted by molar-refractivity contribution is 0.102. The molecule has 1 fully saturated rings. The lowest BCUT2D eigenvalue weighted by atomic mass is 10.1. The largest absolute Gasteiger partial charge is 0.296 e. The molecule has 1 N–H and O–H groups in total. The number of thioether (sulfide) groups is 1. The van der Waals surface area contributed by atoms with E-state index in [0.717, 1.165) is 17.2 Å². The predicted molar refractivity (Wildman–Crippen MR) is 108 cm³/mol. The number of anilines is 1. The molecule has 10 heteroatoms.